The molecule has 1 fully saturated rings. The maximum absolute atomic E-state index is 13.8. The Morgan fingerprint density at radius 2 is 1.96 bits per heavy atom. The van der Waals surface area contributed by atoms with Crippen LogP contribution in [0.5, 0.6) is 0 Å². The number of hydrogen-bond donors (Lipinski definition) is 1. The minimum atomic E-state index is -0.451. The first kappa shape index (κ1) is 16.2. The number of likely N-dealkylation sites (tertiary alicyclic amines) is 1. The Morgan fingerprint density at radius 1 is 1.21 bits per heavy atom. The topological polar surface area (TPSA) is 49.4 Å². The standard InChI is InChI=1S/C19H19FN2O2/c1-13-4-9-17(16(20)11-13)21-19(24)15-7-5-14(6-8-15)12-22-10-2-3-18(22)23/h4-9,11H,2-3,10,12H2,1H3,(H,21,24). The highest BCUT2D eigenvalue weighted by Gasteiger charge is 2.20. The van der Waals surface area contributed by atoms with Crippen LogP contribution >= 0.6 is 0 Å². The summed E-state index contributed by atoms with van der Waals surface area (Å²) >= 11 is 0. The quantitative estimate of drug-likeness (QED) is 0.935. The first-order valence-electron chi connectivity index (χ1n) is 7.97. The SMILES string of the molecule is Cc1ccc(NC(=O)c2ccc(CN3CCCC3=O)cc2)c(F)c1. The number of carbonyl (C=O) groups excluding carboxylic acids is 2. The Kier molecular flexibility index (Phi) is 4.60. The lowest BCUT2D eigenvalue weighted by Gasteiger charge is -2.15. The summed E-state index contributed by atoms with van der Waals surface area (Å²) in [6, 6.07) is 11.7. The van der Waals surface area contributed by atoms with Gasteiger partial charge in [0.2, 0.25) is 5.91 Å². The van der Waals surface area contributed by atoms with Crippen LogP contribution in [-0.4, -0.2) is 23.3 Å². The Balaban J connectivity index is 1.66. The first-order valence-corrected chi connectivity index (χ1v) is 7.97. The summed E-state index contributed by atoms with van der Waals surface area (Å²) in [4.78, 5) is 25.7. The number of halogens is 1. The van der Waals surface area contributed by atoms with Gasteiger partial charge in [0.1, 0.15) is 5.82 Å². The molecule has 5 heteroatoms. The van der Waals surface area contributed by atoms with E-state index < -0.39 is 5.82 Å². The molecular weight excluding hydrogens is 307 g/mol. The first-order chi connectivity index (χ1) is 11.5. The molecular formula is C19H19FN2O2. The zero-order valence-corrected chi connectivity index (χ0v) is 13.5. The number of aryl methyl sites for hydroxylation is 1. The molecule has 3 rings (SSSR count). The highest BCUT2D eigenvalue weighted by atomic mass is 19.1. The summed E-state index contributed by atoms with van der Waals surface area (Å²) in [5.41, 5.74) is 2.39. The monoisotopic (exact) mass is 326 g/mol. The van der Waals surface area contributed by atoms with Crippen LogP contribution in [0.3, 0.4) is 0 Å². The highest BCUT2D eigenvalue weighted by molar-refractivity contribution is 6.04. The number of rotatable bonds is 4. The van der Waals surface area contributed by atoms with Crippen molar-refractivity contribution in [3.63, 3.8) is 0 Å². The van der Waals surface area contributed by atoms with E-state index >= 15 is 0 Å². The molecule has 1 heterocycles. The second-order valence-corrected chi connectivity index (χ2v) is 6.05. The summed E-state index contributed by atoms with van der Waals surface area (Å²) in [6.45, 7) is 3.14. The number of nitrogens with one attached hydrogen (secondary N) is 1. The smallest absolute Gasteiger partial charge is 0.255 e. The zero-order valence-electron chi connectivity index (χ0n) is 13.5. The molecule has 124 valence electrons. The third-order valence-electron chi connectivity index (χ3n) is 4.13. The molecule has 1 aliphatic heterocycles. The maximum atomic E-state index is 13.8. The van der Waals surface area contributed by atoms with Crippen LogP contribution in [0.4, 0.5) is 10.1 Å². The molecule has 0 spiro atoms. The molecule has 4 nitrogen and oxygen atoms in total. The number of anilines is 1. The average molecular weight is 326 g/mol. The number of nitrogens with zero attached hydrogens (tertiary/aromatic N) is 1. The molecule has 0 atom stereocenters. The minimum absolute atomic E-state index is 0.164. The zero-order chi connectivity index (χ0) is 17.1. The van der Waals surface area contributed by atoms with Crippen LogP contribution in [0, 0.1) is 12.7 Å². The molecule has 0 radical (unpaired) electrons. The van der Waals surface area contributed by atoms with Gasteiger partial charge in [0.15, 0.2) is 0 Å². The van der Waals surface area contributed by atoms with Gasteiger partial charge in [-0.1, -0.05) is 18.2 Å². The molecule has 0 aliphatic carbocycles. The fraction of sp³-hybridized carbons (Fsp3) is 0.263. The molecule has 2 amide bonds. The van der Waals surface area contributed by atoms with Gasteiger partial charge in [0.05, 0.1) is 5.69 Å². The average Bonchev–Trinajstić information content (AvgIpc) is 2.96. The summed E-state index contributed by atoms with van der Waals surface area (Å²) in [7, 11) is 0. The summed E-state index contributed by atoms with van der Waals surface area (Å²) in [5, 5.41) is 2.57. The van der Waals surface area contributed by atoms with Gasteiger partial charge in [-0.05, 0) is 48.7 Å². The number of carbonyl (C=O) groups is 2. The van der Waals surface area contributed by atoms with Crippen molar-refractivity contribution in [2.75, 3.05) is 11.9 Å². The van der Waals surface area contributed by atoms with Crippen LogP contribution in [0.25, 0.3) is 0 Å². The highest BCUT2D eigenvalue weighted by Crippen LogP contribution is 2.18. The van der Waals surface area contributed by atoms with Crippen LogP contribution < -0.4 is 5.32 Å². The van der Waals surface area contributed by atoms with Crippen molar-refractivity contribution in [2.24, 2.45) is 0 Å². The van der Waals surface area contributed by atoms with Gasteiger partial charge in [0, 0.05) is 25.1 Å². The summed E-state index contributed by atoms with van der Waals surface area (Å²) < 4.78 is 13.8. The third kappa shape index (κ3) is 3.62. The number of benzene rings is 2. The molecule has 0 unspecified atom stereocenters. The summed E-state index contributed by atoms with van der Waals surface area (Å²) in [5.74, 6) is -0.638. The van der Waals surface area contributed by atoms with E-state index in [4.69, 9.17) is 0 Å². The lowest BCUT2D eigenvalue weighted by molar-refractivity contribution is -0.128. The molecule has 0 saturated carbocycles. The molecule has 24 heavy (non-hydrogen) atoms. The van der Waals surface area contributed by atoms with E-state index in [1.807, 2.05) is 17.0 Å². The number of amides is 2. The van der Waals surface area contributed by atoms with Gasteiger partial charge in [-0.15, -0.1) is 0 Å². The number of hydrogen-bond acceptors (Lipinski definition) is 2. The van der Waals surface area contributed by atoms with Crippen molar-refractivity contribution in [3.8, 4) is 0 Å². The second kappa shape index (κ2) is 6.83. The van der Waals surface area contributed by atoms with Crippen LogP contribution in [0.2, 0.25) is 0 Å². The van der Waals surface area contributed by atoms with Gasteiger partial charge in [0.25, 0.3) is 5.91 Å². The molecule has 1 N–H and O–H groups in total. The Hall–Kier alpha value is -2.69. The normalized spacial score (nSPS) is 14.1. The van der Waals surface area contributed by atoms with Crippen LogP contribution in [0.15, 0.2) is 42.5 Å². The van der Waals surface area contributed by atoms with Crippen molar-refractivity contribution in [2.45, 2.75) is 26.3 Å². The van der Waals surface area contributed by atoms with Gasteiger partial charge in [-0.25, -0.2) is 4.39 Å². The molecule has 0 bridgehead atoms. The van der Waals surface area contributed by atoms with E-state index in [1.165, 1.54) is 6.07 Å². The Morgan fingerprint density at radius 3 is 2.58 bits per heavy atom. The van der Waals surface area contributed by atoms with Gasteiger partial charge in [-0.3, -0.25) is 9.59 Å². The van der Waals surface area contributed by atoms with E-state index in [0.29, 0.717) is 18.5 Å². The van der Waals surface area contributed by atoms with E-state index in [1.54, 1.807) is 31.2 Å². The van der Waals surface area contributed by atoms with E-state index in [0.717, 1.165) is 24.1 Å². The van der Waals surface area contributed by atoms with Gasteiger partial charge >= 0.3 is 0 Å². The lowest BCUT2D eigenvalue weighted by Crippen LogP contribution is -2.23. The molecule has 1 aliphatic rings. The molecule has 0 aromatic heterocycles. The fourth-order valence-corrected chi connectivity index (χ4v) is 2.77. The molecule has 2 aromatic rings. The predicted molar refractivity (Wildman–Crippen MR) is 90.2 cm³/mol. The second-order valence-electron chi connectivity index (χ2n) is 6.05. The van der Waals surface area contributed by atoms with Crippen LogP contribution in [0.1, 0.15) is 34.3 Å². The Bertz CT molecular complexity index is 771. The minimum Gasteiger partial charge on any atom is -0.338 e. The summed E-state index contributed by atoms with van der Waals surface area (Å²) in [6.07, 6.45) is 1.52. The van der Waals surface area contributed by atoms with Crippen molar-refractivity contribution in [3.05, 3.63) is 65.0 Å². The molecule has 2 aromatic carbocycles. The van der Waals surface area contributed by atoms with E-state index in [2.05, 4.69) is 5.32 Å². The Labute approximate surface area is 140 Å². The third-order valence-corrected chi connectivity index (χ3v) is 4.13. The van der Waals surface area contributed by atoms with E-state index in [9.17, 15) is 14.0 Å². The maximum Gasteiger partial charge on any atom is 0.255 e. The molecule has 1 saturated heterocycles. The van der Waals surface area contributed by atoms with E-state index in [-0.39, 0.29) is 17.5 Å². The van der Waals surface area contributed by atoms with Gasteiger partial charge in [-0.2, -0.15) is 0 Å². The van der Waals surface area contributed by atoms with Crippen LogP contribution in [-0.2, 0) is 11.3 Å². The predicted octanol–water partition coefficient (Wildman–Crippen LogP) is 3.51. The largest absolute Gasteiger partial charge is 0.338 e. The van der Waals surface area contributed by atoms with Crippen molar-refractivity contribution in [1.29, 1.82) is 0 Å². The fourth-order valence-electron chi connectivity index (χ4n) is 2.77. The van der Waals surface area contributed by atoms with Crippen molar-refractivity contribution in [1.82, 2.24) is 4.90 Å². The lowest BCUT2D eigenvalue weighted by atomic mass is 10.1. The van der Waals surface area contributed by atoms with Crippen molar-refractivity contribution < 1.29 is 14.0 Å². The van der Waals surface area contributed by atoms with Gasteiger partial charge < -0.3 is 10.2 Å². The van der Waals surface area contributed by atoms with Crippen molar-refractivity contribution >= 4 is 17.5 Å².